The van der Waals surface area contributed by atoms with Gasteiger partial charge in [-0.15, -0.1) is 0 Å². The number of rotatable bonds is 3. The lowest BCUT2D eigenvalue weighted by Gasteiger charge is -2.26. The van der Waals surface area contributed by atoms with E-state index < -0.39 is 0 Å². The number of carbonyl (C=O) groups excluding carboxylic acids is 1. The van der Waals surface area contributed by atoms with Gasteiger partial charge in [0, 0.05) is 12.6 Å². The number of para-hydroxylation sites is 2. The largest absolute Gasteiger partial charge is 0.508 e. The van der Waals surface area contributed by atoms with Gasteiger partial charge in [0.1, 0.15) is 11.5 Å². The maximum atomic E-state index is 12.5. The Morgan fingerprint density at radius 2 is 1.76 bits per heavy atom. The lowest BCUT2D eigenvalue weighted by molar-refractivity contribution is 0.0738. The molecule has 2 rings (SSSR count). The molecule has 4 heteroatoms. The highest BCUT2D eigenvalue weighted by Gasteiger charge is 2.23. The lowest BCUT2D eigenvalue weighted by atomic mass is 10.0. The van der Waals surface area contributed by atoms with Crippen LogP contribution in [0.1, 0.15) is 34.5 Å². The van der Waals surface area contributed by atoms with E-state index in [1.54, 1.807) is 50.4 Å². The van der Waals surface area contributed by atoms with E-state index >= 15 is 0 Å². The highest BCUT2D eigenvalue weighted by molar-refractivity contribution is 5.97. The number of phenolic OH excluding ortho intramolecular Hbond substituents is 2. The van der Waals surface area contributed by atoms with Crippen LogP contribution in [0.4, 0.5) is 0 Å². The molecule has 0 aliphatic carbocycles. The fourth-order valence-electron chi connectivity index (χ4n) is 2.25. The zero-order valence-electron chi connectivity index (χ0n) is 12.4. The number of carbonyl (C=O) groups is 1. The Morgan fingerprint density at radius 1 is 1.10 bits per heavy atom. The number of aromatic hydroxyl groups is 2. The van der Waals surface area contributed by atoms with Gasteiger partial charge in [-0.05, 0) is 31.5 Å². The summed E-state index contributed by atoms with van der Waals surface area (Å²) in [7, 11) is 1.65. The zero-order chi connectivity index (χ0) is 15.6. The predicted octanol–water partition coefficient (Wildman–Crippen LogP) is 3.24. The Hall–Kier alpha value is -2.49. The summed E-state index contributed by atoms with van der Waals surface area (Å²) < 4.78 is 0. The Kier molecular flexibility index (Phi) is 4.17. The summed E-state index contributed by atoms with van der Waals surface area (Å²) in [6.07, 6.45) is 0. The standard InChI is InChI=1S/C17H19NO3/c1-11-7-6-9-14(16(11)20)17(21)18(3)12(2)13-8-4-5-10-15(13)19/h4-10,12,19-20H,1-3H3. The molecule has 2 aromatic rings. The number of hydrogen-bond donors (Lipinski definition) is 2. The first-order valence-corrected chi connectivity index (χ1v) is 6.77. The van der Waals surface area contributed by atoms with Gasteiger partial charge in [0.25, 0.3) is 5.91 Å². The van der Waals surface area contributed by atoms with Gasteiger partial charge >= 0.3 is 0 Å². The number of amides is 1. The van der Waals surface area contributed by atoms with Crippen LogP contribution < -0.4 is 0 Å². The van der Waals surface area contributed by atoms with Crippen LogP contribution in [0, 0.1) is 6.92 Å². The summed E-state index contributed by atoms with van der Waals surface area (Å²) in [4.78, 5) is 14.0. The van der Waals surface area contributed by atoms with E-state index in [-0.39, 0.29) is 29.0 Å². The second-order valence-corrected chi connectivity index (χ2v) is 5.12. The first-order valence-electron chi connectivity index (χ1n) is 6.77. The minimum atomic E-state index is -0.307. The Labute approximate surface area is 124 Å². The van der Waals surface area contributed by atoms with Crippen LogP contribution in [-0.2, 0) is 0 Å². The van der Waals surface area contributed by atoms with Crippen molar-refractivity contribution in [3.8, 4) is 11.5 Å². The second-order valence-electron chi connectivity index (χ2n) is 5.12. The summed E-state index contributed by atoms with van der Waals surface area (Å²) in [5.41, 5.74) is 1.59. The van der Waals surface area contributed by atoms with Gasteiger partial charge in [-0.2, -0.15) is 0 Å². The minimum absolute atomic E-state index is 0.00108. The molecule has 1 amide bonds. The molecule has 0 bridgehead atoms. The molecule has 110 valence electrons. The first kappa shape index (κ1) is 14.9. The van der Waals surface area contributed by atoms with E-state index in [9.17, 15) is 15.0 Å². The van der Waals surface area contributed by atoms with E-state index in [4.69, 9.17) is 0 Å². The molecule has 21 heavy (non-hydrogen) atoms. The molecule has 0 spiro atoms. The highest BCUT2D eigenvalue weighted by atomic mass is 16.3. The maximum Gasteiger partial charge on any atom is 0.257 e. The Morgan fingerprint density at radius 3 is 2.43 bits per heavy atom. The first-order chi connectivity index (χ1) is 9.93. The predicted molar refractivity (Wildman–Crippen MR) is 81.5 cm³/mol. The highest BCUT2D eigenvalue weighted by Crippen LogP contribution is 2.30. The summed E-state index contributed by atoms with van der Waals surface area (Å²) >= 11 is 0. The third-order valence-corrected chi connectivity index (χ3v) is 3.76. The van der Waals surface area contributed by atoms with Crippen LogP contribution in [0.15, 0.2) is 42.5 Å². The van der Waals surface area contributed by atoms with Gasteiger partial charge in [-0.3, -0.25) is 4.79 Å². The molecule has 4 nitrogen and oxygen atoms in total. The maximum absolute atomic E-state index is 12.5. The molecule has 0 aliphatic heterocycles. The molecule has 0 saturated carbocycles. The van der Waals surface area contributed by atoms with Crippen LogP contribution in [0.5, 0.6) is 11.5 Å². The molecule has 0 heterocycles. The zero-order valence-corrected chi connectivity index (χ0v) is 12.4. The van der Waals surface area contributed by atoms with Crippen molar-refractivity contribution in [3.05, 3.63) is 59.2 Å². The molecule has 0 fully saturated rings. The summed E-state index contributed by atoms with van der Waals surface area (Å²) in [6, 6.07) is 11.7. The van der Waals surface area contributed by atoms with Crippen LogP contribution in [0.2, 0.25) is 0 Å². The van der Waals surface area contributed by atoms with E-state index in [2.05, 4.69) is 0 Å². The Bertz CT molecular complexity index is 667. The number of hydrogen-bond acceptors (Lipinski definition) is 3. The fraction of sp³-hybridized carbons (Fsp3) is 0.235. The van der Waals surface area contributed by atoms with Gasteiger partial charge in [0.05, 0.1) is 11.6 Å². The number of phenols is 2. The summed E-state index contributed by atoms with van der Waals surface area (Å²) in [5, 5.41) is 19.9. The van der Waals surface area contributed by atoms with E-state index in [0.717, 1.165) is 0 Å². The van der Waals surface area contributed by atoms with Crippen LogP contribution >= 0.6 is 0 Å². The average molecular weight is 285 g/mol. The topological polar surface area (TPSA) is 60.8 Å². The molecule has 2 N–H and O–H groups in total. The van der Waals surface area contributed by atoms with Gasteiger partial charge in [-0.1, -0.05) is 30.3 Å². The molecule has 0 saturated heterocycles. The molecule has 0 aliphatic rings. The molecular formula is C17H19NO3. The molecule has 0 radical (unpaired) electrons. The van der Waals surface area contributed by atoms with Crippen LogP contribution in [0.25, 0.3) is 0 Å². The van der Waals surface area contributed by atoms with Crippen LogP contribution in [-0.4, -0.2) is 28.1 Å². The SMILES string of the molecule is Cc1cccc(C(=O)N(C)C(C)c2ccccc2O)c1O. The quantitative estimate of drug-likeness (QED) is 0.910. The number of nitrogens with zero attached hydrogens (tertiary/aromatic N) is 1. The summed E-state index contributed by atoms with van der Waals surface area (Å²) in [6.45, 7) is 3.58. The van der Waals surface area contributed by atoms with Crippen molar-refractivity contribution >= 4 is 5.91 Å². The minimum Gasteiger partial charge on any atom is -0.508 e. The van der Waals surface area contributed by atoms with Gasteiger partial charge in [0.2, 0.25) is 0 Å². The van der Waals surface area contributed by atoms with Crippen molar-refractivity contribution in [2.45, 2.75) is 19.9 Å². The fourth-order valence-corrected chi connectivity index (χ4v) is 2.25. The Balaban J connectivity index is 2.31. The normalized spacial score (nSPS) is 12.0. The van der Waals surface area contributed by atoms with Gasteiger partial charge in [-0.25, -0.2) is 0 Å². The lowest BCUT2D eigenvalue weighted by Crippen LogP contribution is -2.29. The monoisotopic (exact) mass is 285 g/mol. The molecular weight excluding hydrogens is 266 g/mol. The molecule has 2 aromatic carbocycles. The smallest absolute Gasteiger partial charge is 0.257 e. The van der Waals surface area contributed by atoms with Crippen molar-refractivity contribution in [2.75, 3.05) is 7.05 Å². The van der Waals surface area contributed by atoms with Crippen molar-refractivity contribution in [1.82, 2.24) is 4.90 Å². The molecule has 1 unspecified atom stereocenters. The number of benzene rings is 2. The average Bonchev–Trinajstić information content (AvgIpc) is 2.48. The van der Waals surface area contributed by atoms with E-state index in [1.807, 2.05) is 13.0 Å². The van der Waals surface area contributed by atoms with Gasteiger partial charge in [0.15, 0.2) is 0 Å². The third-order valence-electron chi connectivity index (χ3n) is 3.76. The second kappa shape index (κ2) is 5.87. The van der Waals surface area contributed by atoms with Crippen molar-refractivity contribution < 1.29 is 15.0 Å². The van der Waals surface area contributed by atoms with Gasteiger partial charge < -0.3 is 15.1 Å². The van der Waals surface area contributed by atoms with Crippen molar-refractivity contribution in [1.29, 1.82) is 0 Å². The van der Waals surface area contributed by atoms with E-state index in [1.165, 1.54) is 4.90 Å². The molecule has 0 aromatic heterocycles. The van der Waals surface area contributed by atoms with Crippen molar-refractivity contribution in [3.63, 3.8) is 0 Å². The summed E-state index contributed by atoms with van der Waals surface area (Å²) in [5.74, 6) is -0.135. The van der Waals surface area contributed by atoms with Crippen molar-refractivity contribution in [2.24, 2.45) is 0 Å². The van der Waals surface area contributed by atoms with E-state index in [0.29, 0.717) is 11.1 Å². The third kappa shape index (κ3) is 2.84. The number of aryl methyl sites for hydroxylation is 1. The molecule has 1 atom stereocenters. The van der Waals surface area contributed by atoms with Crippen LogP contribution in [0.3, 0.4) is 0 Å².